The summed E-state index contributed by atoms with van der Waals surface area (Å²) in [6.07, 6.45) is 2.57. The van der Waals surface area contributed by atoms with E-state index in [-0.39, 0.29) is 0 Å². The van der Waals surface area contributed by atoms with Crippen molar-refractivity contribution in [3.8, 4) is 11.3 Å². The molecule has 1 aromatic heterocycles. The van der Waals surface area contributed by atoms with Crippen LogP contribution in [-0.2, 0) is 6.54 Å². The SMILES string of the molecule is CC1(C)CCN(Cc2cccc(-c3ccccc3)n2)CC1. The van der Waals surface area contributed by atoms with Gasteiger partial charge in [-0.1, -0.05) is 50.2 Å². The van der Waals surface area contributed by atoms with Crippen LogP contribution in [0.5, 0.6) is 0 Å². The van der Waals surface area contributed by atoms with Crippen LogP contribution >= 0.6 is 0 Å². The van der Waals surface area contributed by atoms with Gasteiger partial charge in [0.25, 0.3) is 0 Å². The van der Waals surface area contributed by atoms with Gasteiger partial charge in [0.15, 0.2) is 0 Å². The first kappa shape index (κ1) is 14.3. The van der Waals surface area contributed by atoms with Crippen molar-refractivity contribution in [1.29, 1.82) is 0 Å². The first-order valence-electron chi connectivity index (χ1n) is 7.86. The first-order valence-corrected chi connectivity index (χ1v) is 7.86. The molecule has 0 amide bonds. The van der Waals surface area contributed by atoms with Gasteiger partial charge in [-0.25, -0.2) is 0 Å². The van der Waals surface area contributed by atoms with Crippen LogP contribution in [0.25, 0.3) is 11.3 Å². The highest BCUT2D eigenvalue weighted by Gasteiger charge is 2.25. The third kappa shape index (κ3) is 3.70. The Morgan fingerprint density at radius 1 is 0.952 bits per heavy atom. The van der Waals surface area contributed by atoms with Crippen molar-refractivity contribution >= 4 is 0 Å². The normalized spacial score (nSPS) is 18.6. The molecule has 0 atom stereocenters. The van der Waals surface area contributed by atoms with Gasteiger partial charge in [-0.3, -0.25) is 9.88 Å². The van der Waals surface area contributed by atoms with E-state index in [4.69, 9.17) is 4.98 Å². The van der Waals surface area contributed by atoms with Crippen LogP contribution in [-0.4, -0.2) is 23.0 Å². The quantitative estimate of drug-likeness (QED) is 0.830. The number of piperidine rings is 1. The number of aromatic nitrogens is 1. The van der Waals surface area contributed by atoms with Crippen LogP contribution in [0.1, 0.15) is 32.4 Å². The Kier molecular flexibility index (Phi) is 4.07. The molecule has 0 spiro atoms. The number of hydrogen-bond acceptors (Lipinski definition) is 2. The highest BCUT2D eigenvalue weighted by molar-refractivity contribution is 5.58. The fourth-order valence-corrected chi connectivity index (χ4v) is 2.88. The van der Waals surface area contributed by atoms with E-state index in [9.17, 15) is 0 Å². The number of likely N-dealkylation sites (tertiary alicyclic amines) is 1. The lowest BCUT2D eigenvalue weighted by molar-refractivity contribution is 0.126. The summed E-state index contributed by atoms with van der Waals surface area (Å²) < 4.78 is 0. The van der Waals surface area contributed by atoms with E-state index in [0.29, 0.717) is 5.41 Å². The Hall–Kier alpha value is -1.67. The third-order valence-electron chi connectivity index (χ3n) is 4.47. The fraction of sp³-hybridized carbons (Fsp3) is 0.421. The van der Waals surface area contributed by atoms with E-state index < -0.39 is 0 Å². The standard InChI is InChI=1S/C19H24N2/c1-19(2)11-13-21(14-12-19)15-17-9-6-10-18(20-17)16-7-4-3-5-8-16/h3-10H,11-15H2,1-2H3. The molecule has 0 bridgehead atoms. The molecule has 1 aromatic carbocycles. The van der Waals surface area contributed by atoms with Crippen molar-refractivity contribution in [1.82, 2.24) is 9.88 Å². The van der Waals surface area contributed by atoms with Crippen molar-refractivity contribution < 1.29 is 0 Å². The number of rotatable bonds is 3. The van der Waals surface area contributed by atoms with Crippen molar-refractivity contribution in [2.45, 2.75) is 33.2 Å². The van der Waals surface area contributed by atoms with Crippen LogP contribution in [0.2, 0.25) is 0 Å². The lowest BCUT2D eigenvalue weighted by atomic mass is 9.83. The second kappa shape index (κ2) is 5.98. The van der Waals surface area contributed by atoms with Crippen LogP contribution in [0, 0.1) is 5.41 Å². The maximum Gasteiger partial charge on any atom is 0.0705 e. The van der Waals surface area contributed by atoms with E-state index in [2.05, 4.69) is 61.2 Å². The fourth-order valence-electron chi connectivity index (χ4n) is 2.88. The molecule has 0 radical (unpaired) electrons. The minimum Gasteiger partial charge on any atom is -0.297 e. The van der Waals surface area contributed by atoms with Crippen LogP contribution in [0.3, 0.4) is 0 Å². The summed E-state index contributed by atoms with van der Waals surface area (Å²) in [5.41, 5.74) is 3.95. The van der Waals surface area contributed by atoms with E-state index in [1.165, 1.54) is 37.2 Å². The Bertz CT molecular complexity index is 580. The van der Waals surface area contributed by atoms with Gasteiger partial charge in [-0.05, 0) is 43.5 Å². The van der Waals surface area contributed by atoms with Gasteiger partial charge in [-0.15, -0.1) is 0 Å². The van der Waals surface area contributed by atoms with E-state index in [1.54, 1.807) is 0 Å². The summed E-state index contributed by atoms with van der Waals surface area (Å²) in [7, 11) is 0. The maximum absolute atomic E-state index is 4.83. The highest BCUT2D eigenvalue weighted by atomic mass is 15.1. The van der Waals surface area contributed by atoms with Gasteiger partial charge in [-0.2, -0.15) is 0 Å². The minimum absolute atomic E-state index is 0.510. The number of hydrogen-bond donors (Lipinski definition) is 0. The molecule has 1 aliphatic heterocycles. The Morgan fingerprint density at radius 2 is 1.67 bits per heavy atom. The molecule has 0 saturated carbocycles. The van der Waals surface area contributed by atoms with Gasteiger partial charge < -0.3 is 0 Å². The van der Waals surface area contributed by atoms with Crippen LogP contribution < -0.4 is 0 Å². The minimum atomic E-state index is 0.510. The number of benzene rings is 1. The molecule has 110 valence electrons. The van der Waals surface area contributed by atoms with Gasteiger partial charge in [0, 0.05) is 12.1 Å². The molecule has 3 rings (SSSR count). The molecule has 2 heteroatoms. The smallest absolute Gasteiger partial charge is 0.0705 e. The molecule has 0 N–H and O–H groups in total. The molecular formula is C19H24N2. The van der Waals surface area contributed by atoms with Crippen LogP contribution in [0.15, 0.2) is 48.5 Å². The first-order chi connectivity index (χ1) is 10.1. The van der Waals surface area contributed by atoms with Crippen molar-refractivity contribution in [2.24, 2.45) is 5.41 Å². The van der Waals surface area contributed by atoms with E-state index in [1.807, 2.05) is 6.07 Å². The summed E-state index contributed by atoms with van der Waals surface area (Å²) in [6, 6.07) is 16.8. The second-order valence-corrected chi connectivity index (χ2v) is 6.82. The summed E-state index contributed by atoms with van der Waals surface area (Å²) in [4.78, 5) is 7.36. The molecule has 0 unspecified atom stereocenters. The van der Waals surface area contributed by atoms with Gasteiger partial charge in [0.1, 0.15) is 0 Å². The molecule has 1 aliphatic rings. The molecule has 1 fully saturated rings. The molecular weight excluding hydrogens is 256 g/mol. The predicted octanol–water partition coefficient (Wildman–Crippen LogP) is 4.37. The lowest BCUT2D eigenvalue weighted by Gasteiger charge is -2.36. The molecule has 2 aromatic rings. The summed E-state index contributed by atoms with van der Waals surface area (Å²) in [5, 5.41) is 0. The van der Waals surface area contributed by atoms with E-state index in [0.717, 1.165) is 12.2 Å². The average molecular weight is 280 g/mol. The Labute approximate surface area is 127 Å². The lowest BCUT2D eigenvalue weighted by Crippen LogP contribution is -2.36. The Balaban J connectivity index is 1.70. The van der Waals surface area contributed by atoms with E-state index >= 15 is 0 Å². The molecule has 21 heavy (non-hydrogen) atoms. The summed E-state index contributed by atoms with van der Waals surface area (Å²) in [5.74, 6) is 0. The monoisotopic (exact) mass is 280 g/mol. The molecule has 1 saturated heterocycles. The zero-order chi connectivity index (χ0) is 14.7. The zero-order valence-electron chi connectivity index (χ0n) is 13.0. The number of nitrogens with zero attached hydrogens (tertiary/aromatic N) is 2. The van der Waals surface area contributed by atoms with Gasteiger partial charge >= 0.3 is 0 Å². The van der Waals surface area contributed by atoms with Crippen molar-refractivity contribution in [3.63, 3.8) is 0 Å². The van der Waals surface area contributed by atoms with Gasteiger partial charge in [0.05, 0.1) is 11.4 Å². The molecule has 0 aliphatic carbocycles. The molecule has 2 nitrogen and oxygen atoms in total. The average Bonchev–Trinajstić information content (AvgIpc) is 2.51. The molecule has 2 heterocycles. The van der Waals surface area contributed by atoms with Crippen molar-refractivity contribution in [2.75, 3.05) is 13.1 Å². The third-order valence-corrected chi connectivity index (χ3v) is 4.47. The Morgan fingerprint density at radius 3 is 2.38 bits per heavy atom. The zero-order valence-corrected chi connectivity index (χ0v) is 13.0. The second-order valence-electron chi connectivity index (χ2n) is 6.82. The highest BCUT2D eigenvalue weighted by Crippen LogP contribution is 2.30. The van der Waals surface area contributed by atoms with Crippen LogP contribution in [0.4, 0.5) is 0 Å². The maximum atomic E-state index is 4.83. The summed E-state index contributed by atoms with van der Waals surface area (Å²) >= 11 is 0. The topological polar surface area (TPSA) is 16.1 Å². The van der Waals surface area contributed by atoms with Gasteiger partial charge in [0.2, 0.25) is 0 Å². The number of pyridine rings is 1. The largest absolute Gasteiger partial charge is 0.297 e. The predicted molar refractivity (Wildman–Crippen MR) is 88.0 cm³/mol. The van der Waals surface area contributed by atoms with Crippen molar-refractivity contribution in [3.05, 3.63) is 54.2 Å². The summed E-state index contributed by atoms with van der Waals surface area (Å²) in [6.45, 7) is 8.09.